The molecule has 5 heteroatoms. The summed E-state index contributed by atoms with van der Waals surface area (Å²) in [6, 6.07) is 11.6. The van der Waals surface area contributed by atoms with Gasteiger partial charge in [-0.2, -0.15) is 0 Å². The quantitative estimate of drug-likeness (QED) is 0.454. The van der Waals surface area contributed by atoms with Crippen LogP contribution in [0.2, 0.25) is 0 Å². The number of hydrogen-bond acceptors (Lipinski definition) is 3. The summed E-state index contributed by atoms with van der Waals surface area (Å²) in [5.41, 5.74) is 1.44. The first-order chi connectivity index (χ1) is 13.3. The van der Waals surface area contributed by atoms with Gasteiger partial charge < -0.3 is 15.0 Å². The molecule has 2 unspecified atom stereocenters. The van der Waals surface area contributed by atoms with Gasteiger partial charge in [0.15, 0.2) is 5.96 Å². The number of piperidine rings is 2. The first-order valence-corrected chi connectivity index (χ1v) is 10.6. The number of benzene rings is 1. The van der Waals surface area contributed by atoms with Gasteiger partial charge in [-0.05, 0) is 50.6 Å². The normalized spacial score (nSPS) is 23.9. The summed E-state index contributed by atoms with van der Waals surface area (Å²) in [7, 11) is 1.90. The second kappa shape index (κ2) is 10.7. The van der Waals surface area contributed by atoms with Crippen LogP contribution in [-0.4, -0.2) is 68.2 Å². The Balaban J connectivity index is 1.51. The Bertz CT molecular complexity index is 577. The second-order valence-electron chi connectivity index (χ2n) is 7.68. The van der Waals surface area contributed by atoms with Crippen molar-refractivity contribution in [2.45, 2.75) is 45.2 Å². The number of nitrogens with one attached hydrogen (secondary N) is 1. The number of likely N-dealkylation sites (tertiary alicyclic amines) is 2. The van der Waals surface area contributed by atoms with Gasteiger partial charge in [0.25, 0.3) is 0 Å². The van der Waals surface area contributed by atoms with Crippen LogP contribution in [0, 0.1) is 5.92 Å². The molecule has 150 valence electrons. The SMILES string of the molecule is CCOCCCNC(=NC)N1CCC2C(CCCN2Cc2ccccc2)C1. The zero-order valence-corrected chi connectivity index (χ0v) is 17.1. The van der Waals surface area contributed by atoms with E-state index in [0.717, 1.165) is 57.7 Å². The highest BCUT2D eigenvalue weighted by Gasteiger charge is 2.36. The van der Waals surface area contributed by atoms with Gasteiger partial charge in [-0.25, -0.2) is 0 Å². The van der Waals surface area contributed by atoms with Crippen molar-refractivity contribution in [2.24, 2.45) is 10.9 Å². The molecule has 1 aromatic rings. The van der Waals surface area contributed by atoms with E-state index >= 15 is 0 Å². The van der Waals surface area contributed by atoms with E-state index in [1.165, 1.54) is 31.4 Å². The van der Waals surface area contributed by atoms with Crippen molar-refractivity contribution in [3.05, 3.63) is 35.9 Å². The molecule has 0 saturated carbocycles. The van der Waals surface area contributed by atoms with E-state index in [-0.39, 0.29) is 0 Å². The fourth-order valence-electron chi connectivity index (χ4n) is 4.56. The van der Waals surface area contributed by atoms with Crippen LogP contribution in [0.1, 0.15) is 38.2 Å². The maximum atomic E-state index is 5.43. The van der Waals surface area contributed by atoms with E-state index in [0.29, 0.717) is 6.04 Å². The minimum absolute atomic E-state index is 0.714. The van der Waals surface area contributed by atoms with Crippen molar-refractivity contribution < 1.29 is 4.74 Å². The number of aliphatic imine (C=N–C) groups is 1. The Hall–Kier alpha value is -1.59. The third-order valence-electron chi connectivity index (χ3n) is 5.88. The number of hydrogen-bond donors (Lipinski definition) is 1. The summed E-state index contributed by atoms with van der Waals surface area (Å²) in [6.07, 6.45) is 4.91. The molecule has 0 spiro atoms. The molecule has 0 radical (unpaired) electrons. The highest BCUT2D eigenvalue weighted by atomic mass is 16.5. The third-order valence-corrected chi connectivity index (χ3v) is 5.88. The predicted octanol–water partition coefficient (Wildman–Crippen LogP) is 2.97. The molecule has 2 heterocycles. The van der Waals surface area contributed by atoms with Gasteiger partial charge in [-0.3, -0.25) is 9.89 Å². The van der Waals surface area contributed by atoms with Crippen LogP contribution in [0.5, 0.6) is 0 Å². The number of nitrogens with zero attached hydrogens (tertiary/aromatic N) is 3. The van der Waals surface area contributed by atoms with E-state index in [2.05, 4.69) is 50.4 Å². The van der Waals surface area contributed by atoms with Gasteiger partial charge in [0.1, 0.15) is 0 Å². The Labute approximate surface area is 164 Å². The molecule has 2 atom stereocenters. The monoisotopic (exact) mass is 372 g/mol. The van der Waals surface area contributed by atoms with Crippen molar-refractivity contribution in [2.75, 3.05) is 46.4 Å². The molecule has 2 aliphatic rings. The summed E-state index contributed by atoms with van der Waals surface area (Å²) in [6.45, 7) is 9.13. The minimum Gasteiger partial charge on any atom is -0.382 e. The molecule has 1 aromatic carbocycles. The van der Waals surface area contributed by atoms with Crippen molar-refractivity contribution in [1.82, 2.24) is 15.1 Å². The smallest absolute Gasteiger partial charge is 0.193 e. The molecule has 0 aliphatic carbocycles. The number of guanidine groups is 1. The fourth-order valence-corrected chi connectivity index (χ4v) is 4.56. The molecule has 0 bridgehead atoms. The lowest BCUT2D eigenvalue weighted by molar-refractivity contribution is 0.0372. The molecule has 0 amide bonds. The average molecular weight is 373 g/mol. The summed E-state index contributed by atoms with van der Waals surface area (Å²) < 4.78 is 5.43. The summed E-state index contributed by atoms with van der Waals surface area (Å²) in [5, 5.41) is 3.53. The standard InChI is InChI=1S/C22H36N4O/c1-3-27-16-8-13-24-22(23-2)26-15-12-21-20(18-26)11-7-14-25(21)17-19-9-5-4-6-10-19/h4-6,9-10,20-21H,3,7-8,11-18H2,1-2H3,(H,23,24). The summed E-state index contributed by atoms with van der Waals surface area (Å²) in [4.78, 5) is 9.72. The van der Waals surface area contributed by atoms with Crippen molar-refractivity contribution in [1.29, 1.82) is 0 Å². The van der Waals surface area contributed by atoms with Gasteiger partial charge in [0.05, 0.1) is 0 Å². The number of fused-ring (bicyclic) bond motifs is 1. The summed E-state index contributed by atoms with van der Waals surface area (Å²) >= 11 is 0. The Morgan fingerprint density at radius 1 is 1.22 bits per heavy atom. The maximum absolute atomic E-state index is 5.43. The molecule has 2 fully saturated rings. The van der Waals surface area contributed by atoms with Crippen LogP contribution in [0.25, 0.3) is 0 Å². The zero-order chi connectivity index (χ0) is 18.9. The molecule has 5 nitrogen and oxygen atoms in total. The highest BCUT2D eigenvalue weighted by Crippen LogP contribution is 2.31. The van der Waals surface area contributed by atoms with Crippen LogP contribution < -0.4 is 5.32 Å². The lowest BCUT2D eigenvalue weighted by atomic mass is 9.83. The molecule has 0 aromatic heterocycles. The van der Waals surface area contributed by atoms with Crippen LogP contribution >= 0.6 is 0 Å². The highest BCUT2D eigenvalue weighted by molar-refractivity contribution is 5.80. The molecule has 3 rings (SSSR count). The van der Waals surface area contributed by atoms with Crippen molar-refractivity contribution >= 4 is 5.96 Å². The fraction of sp³-hybridized carbons (Fsp3) is 0.682. The first-order valence-electron chi connectivity index (χ1n) is 10.6. The molecule has 2 aliphatic heterocycles. The van der Waals surface area contributed by atoms with Crippen LogP contribution in [0.4, 0.5) is 0 Å². The van der Waals surface area contributed by atoms with E-state index in [1.807, 2.05) is 14.0 Å². The maximum Gasteiger partial charge on any atom is 0.193 e. The van der Waals surface area contributed by atoms with Gasteiger partial charge in [-0.15, -0.1) is 0 Å². The van der Waals surface area contributed by atoms with Gasteiger partial charge in [0, 0.05) is 52.5 Å². The third kappa shape index (κ3) is 5.69. The van der Waals surface area contributed by atoms with E-state index in [4.69, 9.17) is 4.74 Å². The minimum atomic E-state index is 0.714. The molecular weight excluding hydrogens is 336 g/mol. The van der Waals surface area contributed by atoms with Crippen molar-refractivity contribution in [3.8, 4) is 0 Å². The van der Waals surface area contributed by atoms with E-state index in [9.17, 15) is 0 Å². The lowest BCUT2D eigenvalue weighted by Crippen LogP contribution is -2.56. The van der Waals surface area contributed by atoms with Gasteiger partial charge >= 0.3 is 0 Å². The molecule has 1 N–H and O–H groups in total. The van der Waals surface area contributed by atoms with Gasteiger partial charge in [-0.1, -0.05) is 30.3 Å². The van der Waals surface area contributed by atoms with Crippen LogP contribution in [0.3, 0.4) is 0 Å². The Kier molecular flexibility index (Phi) is 7.96. The average Bonchev–Trinajstić information content (AvgIpc) is 2.71. The Morgan fingerprint density at radius 2 is 2.07 bits per heavy atom. The number of rotatable bonds is 7. The van der Waals surface area contributed by atoms with E-state index < -0.39 is 0 Å². The van der Waals surface area contributed by atoms with Crippen molar-refractivity contribution in [3.63, 3.8) is 0 Å². The molecular formula is C22H36N4O. The largest absolute Gasteiger partial charge is 0.382 e. The lowest BCUT2D eigenvalue weighted by Gasteiger charge is -2.48. The topological polar surface area (TPSA) is 40.1 Å². The molecule has 2 saturated heterocycles. The number of ether oxygens (including phenoxy) is 1. The predicted molar refractivity (Wildman–Crippen MR) is 112 cm³/mol. The summed E-state index contributed by atoms with van der Waals surface area (Å²) in [5.74, 6) is 1.81. The Morgan fingerprint density at radius 3 is 2.85 bits per heavy atom. The first kappa shape index (κ1) is 20.2. The van der Waals surface area contributed by atoms with E-state index in [1.54, 1.807) is 0 Å². The van der Waals surface area contributed by atoms with Crippen LogP contribution in [-0.2, 0) is 11.3 Å². The zero-order valence-electron chi connectivity index (χ0n) is 17.1. The second-order valence-corrected chi connectivity index (χ2v) is 7.68. The van der Waals surface area contributed by atoms with Crippen LogP contribution in [0.15, 0.2) is 35.3 Å². The van der Waals surface area contributed by atoms with Gasteiger partial charge in [0.2, 0.25) is 0 Å². The molecule has 27 heavy (non-hydrogen) atoms.